The molecule has 3 aromatic carbocycles. The lowest BCUT2D eigenvalue weighted by Crippen LogP contribution is -2.66. The van der Waals surface area contributed by atoms with Crippen molar-refractivity contribution < 1.29 is 23.9 Å². The normalized spacial score (nSPS) is 19.4. The van der Waals surface area contributed by atoms with E-state index in [9.17, 15) is 14.4 Å². The number of piperazine rings is 1. The SMILES string of the molecule is CC/C=C1\Nc2ccc(C[C@H]3C(=O)N(Cc4cccc5sc(N)nc45)C[C@H]4N3C(=O)CN4N(C(=O)NCc3ccc(OC)cc3)C(C)C)cc2O1. The molecule has 3 aliphatic heterocycles. The highest BCUT2D eigenvalue weighted by atomic mass is 32.1. The minimum atomic E-state index is -0.810. The van der Waals surface area contributed by atoms with Gasteiger partial charge in [0.25, 0.3) is 0 Å². The number of amides is 4. The number of methoxy groups -OCH3 is 1. The highest BCUT2D eigenvalue weighted by Gasteiger charge is 2.52. The van der Waals surface area contributed by atoms with Gasteiger partial charge in [0.1, 0.15) is 18.0 Å². The summed E-state index contributed by atoms with van der Waals surface area (Å²) in [6.07, 6.45) is 2.47. The van der Waals surface area contributed by atoms with Crippen LogP contribution in [0.1, 0.15) is 43.9 Å². The number of benzene rings is 3. The second-order valence-corrected chi connectivity index (χ2v) is 14.2. The van der Waals surface area contributed by atoms with E-state index in [0.29, 0.717) is 23.3 Å². The molecule has 7 rings (SSSR count). The average molecular weight is 711 g/mol. The number of nitrogen functional groups attached to an aromatic ring is 1. The van der Waals surface area contributed by atoms with Crippen LogP contribution in [0.3, 0.4) is 0 Å². The summed E-state index contributed by atoms with van der Waals surface area (Å²) in [6, 6.07) is 17.7. The first kappa shape index (κ1) is 34.1. The van der Waals surface area contributed by atoms with E-state index in [4.69, 9.17) is 15.2 Å². The number of hydrogen-bond donors (Lipinski definition) is 3. The van der Waals surface area contributed by atoms with Gasteiger partial charge in [0, 0.05) is 25.6 Å². The maximum absolute atomic E-state index is 14.5. The van der Waals surface area contributed by atoms with Crippen molar-refractivity contribution >= 4 is 50.2 Å². The number of hydrogen-bond acceptors (Lipinski definition) is 10. The zero-order chi connectivity index (χ0) is 35.8. The summed E-state index contributed by atoms with van der Waals surface area (Å²) in [6.45, 7) is 6.59. The van der Waals surface area contributed by atoms with Crippen LogP contribution in [0.4, 0.5) is 15.6 Å². The first-order valence-corrected chi connectivity index (χ1v) is 17.9. The Kier molecular flexibility index (Phi) is 9.44. The van der Waals surface area contributed by atoms with Gasteiger partial charge in [0.15, 0.2) is 16.8 Å². The standard InChI is InChI=1S/C37H42N8O5S/c1-5-7-31-40-27-15-12-24(17-29(27)50-31)16-28-35(47)42(19-25-8-6-9-30-34(25)41-36(38)51-30)20-32-43(21-33(46)44(28)32)45(22(2)3)37(48)39-18-23-10-13-26(49-4)14-11-23/h6-15,17,22,28,32,40H,5,16,18-21H2,1-4H3,(H2,38,41)(H,39,48)/b31-7+/t28-,32+/m0/s1. The molecule has 4 N–H and O–H groups in total. The molecule has 4 amide bonds. The largest absolute Gasteiger partial charge is 0.497 e. The molecule has 2 saturated heterocycles. The number of anilines is 2. The molecule has 2 atom stereocenters. The number of carbonyl (C=O) groups is 3. The van der Waals surface area contributed by atoms with Crippen molar-refractivity contribution in [2.45, 2.75) is 65.0 Å². The minimum Gasteiger partial charge on any atom is -0.497 e. The third kappa shape index (κ3) is 6.76. The van der Waals surface area contributed by atoms with E-state index < -0.39 is 12.2 Å². The molecule has 0 bridgehead atoms. The molecule has 0 unspecified atom stereocenters. The Labute approximate surface area is 300 Å². The number of thiazole rings is 1. The molecule has 13 nitrogen and oxygen atoms in total. The number of nitrogens with two attached hydrogens (primary N) is 1. The van der Waals surface area contributed by atoms with Gasteiger partial charge < -0.3 is 35.6 Å². The third-order valence-electron chi connectivity index (χ3n) is 9.37. The van der Waals surface area contributed by atoms with Crippen molar-refractivity contribution in [3.8, 4) is 11.5 Å². The highest BCUT2D eigenvalue weighted by Crippen LogP contribution is 2.37. The van der Waals surface area contributed by atoms with Crippen molar-refractivity contribution in [3.63, 3.8) is 0 Å². The molecule has 266 valence electrons. The molecule has 2 fully saturated rings. The van der Waals surface area contributed by atoms with E-state index in [1.54, 1.807) is 21.9 Å². The molecular formula is C37H42N8O5S. The monoisotopic (exact) mass is 710 g/mol. The van der Waals surface area contributed by atoms with Gasteiger partial charge in [0.05, 0.1) is 36.1 Å². The van der Waals surface area contributed by atoms with E-state index >= 15 is 0 Å². The molecule has 1 aromatic heterocycles. The van der Waals surface area contributed by atoms with Gasteiger partial charge >= 0.3 is 6.03 Å². The molecule has 4 aromatic rings. The predicted octanol–water partition coefficient (Wildman–Crippen LogP) is 4.90. The molecule has 51 heavy (non-hydrogen) atoms. The summed E-state index contributed by atoms with van der Waals surface area (Å²) in [5, 5.41) is 10.2. The van der Waals surface area contributed by atoms with Gasteiger partial charge in [-0.1, -0.05) is 48.6 Å². The van der Waals surface area contributed by atoms with Gasteiger partial charge in [-0.3, -0.25) is 14.6 Å². The number of aromatic nitrogens is 1. The maximum atomic E-state index is 14.5. The lowest BCUT2D eigenvalue weighted by molar-refractivity contribution is -0.158. The summed E-state index contributed by atoms with van der Waals surface area (Å²) in [7, 11) is 1.61. The zero-order valence-corrected chi connectivity index (χ0v) is 29.9. The number of ether oxygens (including phenoxy) is 2. The Morgan fingerprint density at radius 2 is 1.96 bits per heavy atom. The van der Waals surface area contributed by atoms with E-state index in [0.717, 1.165) is 44.8 Å². The minimum absolute atomic E-state index is 0.0446. The van der Waals surface area contributed by atoms with E-state index in [1.807, 2.05) is 92.5 Å². The fourth-order valence-corrected chi connectivity index (χ4v) is 7.81. The Hall–Kier alpha value is -5.34. The van der Waals surface area contributed by atoms with Crippen molar-refractivity contribution in [1.29, 1.82) is 0 Å². The molecule has 0 aliphatic carbocycles. The van der Waals surface area contributed by atoms with Crippen LogP contribution in [0, 0.1) is 0 Å². The van der Waals surface area contributed by atoms with Crippen molar-refractivity contribution in [1.82, 2.24) is 30.1 Å². The molecule has 0 spiro atoms. The summed E-state index contributed by atoms with van der Waals surface area (Å²) in [5.41, 5.74) is 10.3. The molecule has 4 heterocycles. The lowest BCUT2D eigenvalue weighted by atomic mass is 9.99. The van der Waals surface area contributed by atoms with Crippen LogP contribution in [-0.2, 0) is 29.1 Å². The quantitative estimate of drug-likeness (QED) is 0.209. The van der Waals surface area contributed by atoms with Crippen molar-refractivity contribution in [2.75, 3.05) is 31.2 Å². The molecular weight excluding hydrogens is 669 g/mol. The maximum Gasteiger partial charge on any atom is 0.332 e. The van der Waals surface area contributed by atoms with Gasteiger partial charge in [-0.15, -0.1) is 0 Å². The zero-order valence-electron chi connectivity index (χ0n) is 29.1. The van der Waals surface area contributed by atoms with Gasteiger partial charge in [-0.2, -0.15) is 5.01 Å². The van der Waals surface area contributed by atoms with E-state index in [-0.39, 0.29) is 49.9 Å². The second-order valence-electron chi connectivity index (χ2n) is 13.1. The number of fused-ring (bicyclic) bond motifs is 3. The fraction of sp³-hybridized carbons (Fsp3) is 0.351. The number of allylic oxidation sites excluding steroid dienone is 1. The predicted molar refractivity (Wildman–Crippen MR) is 196 cm³/mol. The number of rotatable bonds is 10. The average Bonchev–Trinajstić information content (AvgIpc) is 3.79. The number of carbonyl (C=O) groups excluding carboxylic acids is 3. The van der Waals surface area contributed by atoms with Crippen LogP contribution in [0.15, 0.2) is 72.6 Å². The number of nitrogens with one attached hydrogen (secondary N) is 2. The highest BCUT2D eigenvalue weighted by molar-refractivity contribution is 7.22. The summed E-state index contributed by atoms with van der Waals surface area (Å²) < 4.78 is 12.2. The van der Waals surface area contributed by atoms with Crippen molar-refractivity contribution in [3.05, 3.63) is 89.3 Å². The summed E-state index contributed by atoms with van der Waals surface area (Å²) >= 11 is 1.40. The fourth-order valence-electron chi connectivity index (χ4n) is 7.03. The van der Waals surface area contributed by atoms with Crippen LogP contribution in [0.5, 0.6) is 11.5 Å². The number of hydrazine groups is 1. The van der Waals surface area contributed by atoms with Crippen LogP contribution in [0.2, 0.25) is 0 Å². The summed E-state index contributed by atoms with van der Waals surface area (Å²) in [4.78, 5) is 50.4. The van der Waals surface area contributed by atoms with E-state index in [1.165, 1.54) is 11.3 Å². The number of para-hydroxylation sites is 1. The third-order valence-corrected chi connectivity index (χ3v) is 10.2. The first-order chi connectivity index (χ1) is 24.6. The summed E-state index contributed by atoms with van der Waals surface area (Å²) in [5.74, 6) is 1.68. The first-order valence-electron chi connectivity index (χ1n) is 17.1. The van der Waals surface area contributed by atoms with Crippen LogP contribution in [0.25, 0.3) is 10.2 Å². The molecule has 3 aliphatic rings. The Morgan fingerprint density at radius 1 is 1.18 bits per heavy atom. The Bertz CT molecular complexity index is 2000. The lowest BCUT2D eigenvalue weighted by Gasteiger charge is -2.47. The van der Waals surface area contributed by atoms with Crippen LogP contribution < -0.4 is 25.8 Å². The Balaban J connectivity index is 1.19. The van der Waals surface area contributed by atoms with Gasteiger partial charge in [-0.25, -0.2) is 9.78 Å². The molecule has 14 heteroatoms. The molecule has 0 radical (unpaired) electrons. The Morgan fingerprint density at radius 3 is 2.71 bits per heavy atom. The van der Waals surface area contributed by atoms with Crippen molar-refractivity contribution in [2.24, 2.45) is 0 Å². The van der Waals surface area contributed by atoms with Crippen LogP contribution >= 0.6 is 11.3 Å². The smallest absolute Gasteiger partial charge is 0.332 e. The van der Waals surface area contributed by atoms with Crippen LogP contribution in [-0.4, -0.2) is 81.1 Å². The van der Waals surface area contributed by atoms with E-state index in [2.05, 4.69) is 15.6 Å². The second kappa shape index (κ2) is 14.1. The van der Waals surface area contributed by atoms with Gasteiger partial charge in [-0.05, 0) is 73.4 Å². The topological polar surface area (TPSA) is 146 Å². The molecule has 0 saturated carbocycles. The number of urea groups is 1. The number of nitrogens with zero attached hydrogens (tertiary/aromatic N) is 5. The van der Waals surface area contributed by atoms with Gasteiger partial charge in [0.2, 0.25) is 11.8 Å².